The highest BCUT2D eigenvalue weighted by molar-refractivity contribution is 6.11. The van der Waals surface area contributed by atoms with Crippen molar-refractivity contribution in [2.24, 2.45) is 5.92 Å². The summed E-state index contributed by atoms with van der Waals surface area (Å²) >= 11 is 0. The zero-order chi connectivity index (χ0) is 23.8. The molecule has 1 spiro atoms. The van der Waals surface area contributed by atoms with Crippen LogP contribution in [-0.2, 0) is 21.5 Å². The molecule has 2 aliphatic rings. The quantitative estimate of drug-likeness (QED) is 0.591. The van der Waals surface area contributed by atoms with Crippen LogP contribution in [0.1, 0.15) is 47.3 Å². The average molecular weight is 449 g/mol. The summed E-state index contributed by atoms with van der Waals surface area (Å²) in [4.78, 5) is 51.7. The topological polar surface area (TPSA) is 108 Å². The summed E-state index contributed by atoms with van der Waals surface area (Å²) in [6.07, 6.45) is 1.17. The van der Waals surface area contributed by atoms with Gasteiger partial charge in [0.1, 0.15) is 12.1 Å². The van der Waals surface area contributed by atoms with Crippen LogP contribution in [-0.4, -0.2) is 41.7 Å². The number of amides is 5. The number of fused-ring (bicyclic) bond motifs is 2. The third-order valence-corrected chi connectivity index (χ3v) is 6.16. The van der Waals surface area contributed by atoms with E-state index in [-0.39, 0.29) is 12.5 Å². The molecule has 2 aromatic carbocycles. The van der Waals surface area contributed by atoms with Gasteiger partial charge in [-0.3, -0.25) is 19.3 Å². The van der Waals surface area contributed by atoms with Crippen LogP contribution < -0.4 is 16.0 Å². The maximum Gasteiger partial charge on any atom is 0.325 e. The number of nitrogens with one attached hydrogen (secondary N) is 3. The fourth-order valence-corrected chi connectivity index (χ4v) is 4.41. The molecule has 1 saturated heterocycles. The van der Waals surface area contributed by atoms with Crippen molar-refractivity contribution in [1.82, 2.24) is 15.5 Å². The molecule has 5 amide bonds. The van der Waals surface area contributed by atoms with Gasteiger partial charge >= 0.3 is 6.03 Å². The maximum absolute atomic E-state index is 13.2. The number of anilines is 1. The molecule has 1 atom stereocenters. The Morgan fingerprint density at radius 1 is 1.15 bits per heavy atom. The van der Waals surface area contributed by atoms with E-state index in [9.17, 15) is 19.2 Å². The highest BCUT2D eigenvalue weighted by Crippen LogP contribution is 2.41. The lowest BCUT2D eigenvalue weighted by Crippen LogP contribution is -2.43. The standard InChI is InChI=1S/C25H28N4O4/c1-15(2)13-26-22(31)18-8-9-20(16(3)12-18)27-21(30)14-29-23(32)25(28-24(29)33)11-10-17-6-4-5-7-19(17)25/h4-9,12,15H,10-11,13-14H2,1-3H3,(H,26,31)(H,27,30)(H,28,33). The second-order valence-corrected chi connectivity index (χ2v) is 9.07. The Labute approximate surface area is 192 Å². The minimum atomic E-state index is -1.09. The van der Waals surface area contributed by atoms with Crippen LogP contribution >= 0.6 is 0 Å². The first-order valence-corrected chi connectivity index (χ1v) is 11.1. The van der Waals surface area contributed by atoms with Crippen LogP contribution in [0.3, 0.4) is 0 Å². The molecule has 1 fully saturated rings. The lowest BCUT2D eigenvalue weighted by atomic mass is 9.92. The third-order valence-electron chi connectivity index (χ3n) is 6.16. The van der Waals surface area contributed by atoms with E-state index in [1.807, 2.05) is 38.1 Å². The molecule has 0 bridgehead atoms. The molecule has 8 nitrogen and oxygen atoms in total. The number of rotatable bonds is 6. The molecule has 1 aliphatic heterocycles. The van der Waals surface area contributed by atoms with E-state index in [4.69, 9.17) is 0 Å². The van der Waals surface area contributed by atoms with Crippen molar-refractivity contribution < 1.29 is 19.2 Å². The van der Waals surface area contributed by atoms with Crippen molar-refractivity contribution in [3.05, 3.63) is 64.7 Å². The number of urea groups is 1. The van der Waals surface area contributed by atoms with Crippen molar-refractivity contribution in [1.29, 1.82) is 0 Å². The number of hydrogen-bond acceptors (Lipinski definition) is 4. The van der Waals surface area contributed by atoms with Crippen molar-refractivity contribution in [3.8, 4) is 0 Å². The minimum Gasteiger partial charge on any atom is -0.352 e. The lowest BCUT2D eigenvalue weighted by Gasteiger charge is -2.22. The smallest absolute Gasteiger partial charge is 0.325 e. The number of imide groups is 1. The molecule has 1 heterocycles. The van der Waals surface area contributed by atoms with E-state index in [1.165, 1.54) is 0 Å². The van der Waals surface area contributed by atoms with Crippen LogP contribution in [0.25, 0.3) is 0 Å². The van der Waals surface area contributed by atoms with Gasteiger partial charge < -0.3 is 16.0 Å². The second kappa shape index (κ2) is 8.69. The van der Waals surface area contributed by atoms with Gasteiger partial charge in [0.25, 0.3) is 11.8 Å². The molecular weight excluding hydrogens is 420 g/mol. The van der Waals surface area contributed by atoms with Crippen molar-refractivity contribution in [2.75, 3.05) is 18.4 Å². The van der Waals surface area contributed by atoms with Gasteiger partial charge in [0.2, 0.25) is 5.91 Å². The third kappa shape index (κ3) is 4.20. The summed E-state index contributed by atoms with van der Waals surface area (Å²) in [5.74, 6) is -0.717. The largest absolute Gasteiger partial charge is 0.352 e. The molecule has 2 aromatic rings. The number of aryl methyl sites for hydroxylation is 2. The van der Waals surface area contributed by atoms with E-state index in [2.05, 4.69) is 16.0 Å². The van der Waals surface area contributed by atoms with Crippen LogP contribution in [0.5, 0.6) is 0 Å². The summed E-state index contributed by atoms with van der Waals surface area (Å²) in [7, 11) is 0. The van der Waals surface area contributed by atoms with Gasteiger partial charge in [0.05, 0.1) is 0 Å². The van der Waals surface area contributed by atoms with Crippen LogP contribution in [0.15, 0.2) is 42.5 Å². The molecule has 3 N–H and O–H groups in total. The molecule has 1 aliphatic carbocycles. The molecular formula is C25H28N4O4. The summed E-state index contributed by atoms with van der Waals surface area (Å²) < 4.78 is 0. The van der Waals surface area contributed by atoms with Crippen molar-refractivity contribution >= 4 is 29.4 Å². The van der Waals surface area contributed by atoms with E-state index in [1.54, 1.807) is 25.1 Å². The average Bonchev–Trinajstić information content (AvgIpc) is 3.26. The number of benzene rings is 2. The molecule has 0 aromatic heterocycles. The summed E-state index contributed by atoms with van der Waals surface area (Å²) in [5.41, 5.74) is 2.47. The number of nitrogens with zero attached hydrogens (tertiary/aromatic N) is 1. The fraction of sp³-hybridized carbons (Fsp3) is 0.360. The second-order valence-electron chi connectivity index (χ2n) is 9.07. The van der Waals surface area contributed by atoms with E-state index >= 15 is 0 Å². The van der Waals surface area contributed by atoms with E-state index in [0.29, 0.717) is 42.1 Å². The highest BCUT2D eigenvalue weighted by atomic mass is 16.2. The van der Waals surface area contributed by atoms with Crippen LogP contribution in [0, 0.1) is 12.8 Å². The number of carbonyl (C=O) groups is 4. The first kappa shape index (κ1) is 22.5. The Kier molecular flexibility index (Phi) is 5.93. The van der Waals surface area contributed by atoms with Gasteiger partial charge in [-0.2, -0.15) is 0 Å². The summed E-state index contributed by atoms with van der Waals surface area (Å²) in [5, 5.41) is 8.43. The van der Waals surface area contributed by atoms with Gasteiger partial charge in [-0.15, -0.1) is 0 Å². The predicted molar refractivity (Wildman–Crippen MR) is 124 cm³/mol. The Bertz CT molecular complexity index is 1140. The molecule has 172 valence electrons. The lowest BCUT2D eigenvalue weighted by molar-refractivity contribution is -0.134. The minimum absolute atomic E-state index is 0.175. The number of hydrogen-bond donors (Lipinski definition) is 3. The summed E-state index contributed by atoms with van der Waals surface area (Å²) in [6, 6.07) is 12.0. The summed E-state index contributed by atoms with van der Waals surface area (Å²) in [6.45, 7) is 6.01. The Morgan fingerprint density at radius 3 is 2.64 bits per heavy atom. The SMILES string of the molecule is Cc1cc(C(=O)NCC(C)C)ccc1NC(=O)CN1C(=O)NC2(CCc3ccccc32)C1=O. The van der Waals surface area contributed by atoms with Gasteiger partial charge in [0.15, 0.2) is 0 Å². The molecule has 4 rings (SSSR count). The van der Waals surface area contributed by atoms with Crippen LogP contribution in [0.4, 0.5) is 10.5 Å². The van der Waals surface area contributed by atoms with E-state index in [0.717, 1.165) is 16.0 Å². The van der Waals surface area contributed by atoms with Gasteiger partial charge in [-0.05, 0) is 60.6 Å². The fourth-order valence-electron chi connectivity index (χ4n) is 4.41. The van der Waals surface area contributed by atoms with Gasteiger partial charge in [-0.25, -0.2) is 4.79 Å². The molecule has 1 unspecified atom stereocenters. The Hall–Kier alpha value is -3.68. The molecule has 0 saturated carbocycles. The Morgan fingerprint density at radius 2 is 1.91 bits per heavy atom. The molecule has 33 heavy (non-hydrogen) atoms. The maximum atomic E-state index is 13.2. The van der Waals surface area contributed by atoms with Crippen molar-refractivity contribution in [3.63, 3.8) is 0 Å². The Balaban J connectivity index is 1.43. The number of carbonyl (C=O) groups excluding carboxylic acids is 4. The molecule has 8 heteroatoms. The monoisotopic (exact) mass is 448 g/mol. The first-order chi connectivity index (χ1) is 15.7. The zero-order valence-electron chi connectivity index (χ0n) is 19.0. The highest BCUT2D eigenvalue weighted by Gasteiger charge is 2.55. The van der Waals surface area contributed by atoms with Gasteiger partial charge in [0, 0.05) is 17.8 Å². The first-order valence-electron chi connectivity index (χ1n) is 11.1. The predicted octanol–water partition coefficient (Wildman–Crippen LogP) is 2.71. The van der Waals surface area contributed by atoms with Crippen LogP contribution in [0.2, 0.25) is 0 Å². The molecule has 0 radical (unpaired) electrons. The van der Waals surface area contributed by atoms with E-state index < -0.39 is 23.4 Å². The van der Waals surface area contributed by atoms with Crippen molar-refractivity contribution in [2.45, 2.75) is 39.2 Å². The van der Waals surface area contributed by atoms with Gasteiger partial charge in [-0.1, -0.05) is 38.1 Å². The normalized spacial score (nSPS) is 19.1. The zero-order valence-corrected chi connectivity index (χ0v) is 19.0.